The Morgan fingerprint density at radius 2 is 1.74 bits per heavy atom. The molecule has 0 aliphatic heterocycles. The minimum atomic E-state index is -3.38. The van der Waals surface area contributed by atoms with E-state index in [0.717, 1.165) is 18.4 Å². The maximum absolute atomic E-state index is 12.4. The van der Waals surface area contributed by atoms with Crippen molar-refractivity contribution in [3.05, 3.63) is 29.8 Å². The molecule has 2 rings (SSSR count). The molecule has 1 saturated carbocycles. The Labute approximate surface area is 116 Å². The molecule has 0 heterocycles. The summed E-state index contributed by atoms with van der Waals surface area (Å²) in [7, 11) is -3.38. The molecule has 19 heavy (non-hydrogen) atoms. The van der Waals surface area contributed by atoms with Crippen molar-refractivity contribution in [2.75, 3.05) is 0 Å². The van der Waals surface area contributed by atoms with Crippen molar-refractivity contribution in [1.29, 1.82) is 0 Å². The third-order valence-corrected chi connectivity index (χ3v) is 5.85. The first-order valence-corrected chi connectivity index (χ1v) is 8.47. The summed E-state index contributed by atoms with van der Waals surface area (Å²) in [6, 6.07) is 7.08. The molecule has 0 spiro atoms. The fourth-order valence-electron chi connectivity index (χ4n) is 2.73. The zero-order chi connectivity index (χ0) is 14.0. The third-order valence-electron chi connectivity index (χ3n) is 4.34. The Kier molecular flexibility index (Phi) is 4.31. The van der Waals surface area contributed by atoms with Crippen molar-refractivity contribution >= 4 is 10.0 Å². The molecule has 1 aromatic rings. The molecule has 1 N–H and O–H groups in total. The van der Waals surface area contributed by atoms with E-state index in [1.165, 1.54) is 6.42 Å². The van der Waals surface area contributed by atoms with Crippen molar-refractivity contribution in [1.82, 2.24) is 4.72 Å². The van der Waals surface area contributed by atoms with Crippen molar-refractivity contribution in [3.63, 3.8) is 0 Å². The molecule has 1 aromatic carbocycles. The second-order valence-corrected chi connectivity index (χ2v) is 7.52. The van der Waals surface area contributed by atoms with Crippen LogP contribution in [-0.2, 0) is 10.0 Å². The lowest BCUT2D eigenvalue weighted by Gasteiger charge is -2.34. The van der Waals surface area contributed by atoms with Gasteiger partial charge in [-0.25, -0.2) is 13.1 Å². The van der Waals surface area contributed by atoms with Gasteiger partial charge in [0.2, 0.25) is 10.0 Å². The first kappa shape index (κ1) is 14.5. The number of rotatable bonds is 3. The molecule has 3 atom stereocenters. The fraction of sp³-hybridized carbons (Fsp3) is 0.600. The Balaban J connectivity index is 2.15. The van der Waals surface area contributed by atoms with Crippen LogP contribution in [0.1, 0.15) is 38.7 Å². The van der Waals surface area contributed by atoms with E-state index in [4.69, 9.17) is 0 Å². The van der Waals surface area contributed by atoms with E-state index in [1.54, 1.807) is 12.1 Å². The van der Waals surface area contributed by atoms with Crippen LogP contribution >= 0.6 is 0 Å². The summed E-state index contributed by atoms with van der Waals surface area (Å²) in [6.07, 6.45) is 3.24. The number of hydrogen-bond donors (Lipinski definition) is 1. The number of benzene rings is 1. The molecule has 0 amide bonds. The van der Waals surface area contributed by atoms with Crippen LogP contribution in [0, 0.1) is 18.8 Å². The maximum Gasteiger partial charge on any atom is 0.240 e. The molecular weight excluding hydrogens is 258 g/mol. The van der Waals surface area contributed by atoms with Crippen LogP contribution in [0.4, 0.5) is 0 Å². The van der Waals surface area contributed by atoms with E-state index in [9.17, 15) is 8.42 Å². The van der Waals surface area contributed by atoms with E-state index >= 15 is 0 Å². The van der Waals surface area contributed by atoms with Crippen molar-refractivity contribution in [2.24, 2.45) is 11.8 Å². The molecule has 4 heteroatoms. The van der Waals surface area contributed by atoms with Gasteiger partial charge in [-0.15, -0.1) is 0 Å². The van der Waals surface area contributed by atoms with Gasteiger partial charge in [0, 0.05) is 6.04 Å². The Morgan fingerprint density at radius 1 is 1.11 bits per heavy atom. The van der Waals surface area contributed by atoms with Crippen molar-refractivity contribution in [3.8, 4) is 0 Å². The molecule has 1 aliphatic carbocycles. The van der Waals surface area contributed by atoms with Gasteiger partial charge in [0.25, 0.3) is 0 Å². The van der Waals surface area contributed by atoms with Crippen LogP contribution < -0.4 is 4.72 Å². The molecule has 3 nitrogen and oxygen atoms in total. The molecule has 0 aromatic heterocycles. The number of aryl methyl sites for hydroxylation is 1. The SMILES string of the molecule is Cc1ccc(S(=O)(=O)N[C@H]2CCC[C@@H](C)[C@@H]2C)cc1. The van der Waals surface area contributed by atoms with Crippen LogP contribution in [0.15, 0.2) is 29.2 Å². The summed E-state index contributed by atoms with van der Waals surface area (Å²) in [5.74, 6) is 0.980. The van der Waals surface area contributed by atoms with Gasteiger partial charge in [0.1, 0.15) is 0 Å². The molecule has 0 bridgehead atoms. The first-order chi connectivity index (χ1) is 8.90. The lowest BCUT2D eigenvalue weighted by molar-refractivity contribution is 0.227. The van der Waals surface area contributed by atoms with Gasteiger partial charge in [0.05, 0.1) is 4.90 Å². The molecule has 0 radical (unpaired) electrons. The Hall–Kier alpha value is -0.870. The standard InChI is InChI=1S/C15H23NO2S/c1-11-7-9-14(10-8-11)19(17,18)16-15-6-4-5-12(2)13(15)3/h7-10,12-13,15-16H,4-6H2,1-3H3/t12-,13+,15+/m1/s1. The average molecular weight is 281 g/mol. The number of sulfonamides is 1. The van der Waals surface area contributed by atoms with Gasteiger partial charge in [-0.2, -0.15) is 0 Å². The van der Waals surface area contributed by atoms with Crippen LogP contribution in [-0.4, -0.2) is 14.5 Å². The van der Waals surface area contributed by atoms with Gasteiger partial charge in [-0.05, 0) is 37.3 Å². The smallest absolute Gasteiger partial charge is 0.208 e. The highest BCUT2D eigenvalue weighted by atomic mass is 32.2. The lowest BCUT2D eigenvalue weighted by atomic mass is 9.78. The molecule has 106 valence electrons. The first-order valence-electron chi connectivity index (χ1n) is 6.99. The quantitative estimate of drug-likeness (QED) is 0.925. The highest BCUT2D eigenvalue weighted by Crippen LogP contribution is 2.30. The van der Waals surface area contributed by atoms with E-state index < -0.39 is 10.0 Å². The van der Waals surface area contributed by atoms with Gasteiger partial charge in [0.15, 0.2) is 0 Å². The Bertz CT molecular complexity index is 522. The number of nitrogens with one attached hydrogen (secondary N) is 1. The minimum Gasteiger partial charge on any atom is -0.208 e. The van der Waals surface area contributed by atoms with Crippen molar-refractivity contribution < 1.29 is 8.42 Å². The van der Waals surface area contributed by atoms with Crippen LogP contribution in [0.5, 0.6) is 0 Å². The van der Waals surface area contributed by atoms with E-state index in [0.29, 0.717) is 16.7 Å². The van der Waals surface area contributed by atoms with E-state index in [2.05, 4.69) is 18.6 Å². The summed E-state index contributed by atoms with van der Waals surface area (Å²) >= 11 is 0. The molecule has 0 saturated heterocycles. The van der Waals surface area contributed by atoms with Crippen LogP contribution in [0.2, 0.25) is 0 Å². The predicted molar refractivity (Wildman–Crippen MR) is 77.5 cm³/mol. The van der Waals surface area contributed by atoms with E-state index in [1.807, 2.05) is 19.1 Å². The summed E-state index contributed by atoms with van der Waals surface area (Å²) in [5.41, 5.74) is 1.07. The summed E-state index contributed by atoms with van der Waals surface area (Å²) in [4.78, 5) is 0.364. The largest absolute Gasteiger partial charge is 0.240 e. The predicted octanol–water partition coefficient (Wildman–Crippen LogP) is 3.10. The van der Waals surface area contributed by atoms with E-state index in [-0.39, 0.29) is 6.04 Å². The number of hydrogen-bond acceptors (Lipinski definition) is 2. The topological polar surface area (TPSA) is 46.2 Å². The van der Waals surface area contributed by atoms with Crippen LogP contribution in [0.3, 0.4) is 0 Å². The second-order valence-electron chi connectivity index (χ2n) is 5.81. The Morgan fingerprint density at radius 3 is 2.37 bits per heavy atom. The second kappa shape index (κ2) is 5.63. The van der Waals surface area contributed by atoms with Gasteiger partial charge >= 0.3 is 0 Å². The van der Waals surface area contributed by atoms with Gasteiger partial charge in [-0.3, -0.25) is 0 Å². The van der Waals surface area contributed by atoms with Crippen LogP contribution in [0.25, 0.3) is 0 Å². The van der Waals surface area contributed by atoms with Crippen molar-refractivity contribution in [2.45, 2.75) is 51.0 Å². The average Bonchev–Trinajstić information content (AvgIpc) is 2.35. The third kappa shape index (κ3) is 3.37. The summed E-state index contributed by atoms with van der Waals surface area (Å²) < 4.78 is 27.6. The van der Waals surface area contributed by atoms with Gasteiger partial charge in [-0.1, -0.05) is 44.4 Å². The maximum atomic E-state index is 12.4. The zero-order valence-corrected chi connectivity index (χ0v) is 12.7. The van der Waals surface area contributed by atoms with Gasteiger partial charge < -0.3 is 0 Å². The molecule has 1 fully saturated rings. The molecular formula is C15H23NO2S. The summed E-state index contributed by atoms with van der Waals surface area (Å²) in [5, 5.41) is 0. The minimum absolute atomic E-state index is 0.0649. The lowest BCUT2D eigenvalue weighted by Crippen LogP contribution is -2.43. The molecule has 1 aliphatic rings. The zero-order valence-electron chi connectivity index (χ0n) is 11.9. The highest BCUT2D eigenvalue weighted by Gasteiger charge is 2.30. The normalized spacial score (nSPS) is 28.3. The monoisotopic (exact) mass is 281 g/mol. The highest BCUT2D eigenvalue weighted by molar-refractivity contribution is 7.89. The fourth-order valence-corrected chi connectivity index (χ4v) is 4.09. The molecule has 0 unspecified atom stereocenters. The summed E-state index contributed by atoms with van der Waals surface area (Å²) in [6.45, 7) is 6.30.